The van der Waals surface area contributed by atoms with E-state index in [4.69, 9.17) is 65.4 Å². The number of ether oxygens (including phenoxy) is 4. The predicted molar refractivity (Wildman–Crippen MR) is 210 cm³/mol. The molecule has 53 heavy (non-hydrogen) atoms. The summed E-state index contributed by atoms with van der Waals surface area (Å²) >= 11 is 24.1. The molecule has 0 spiro atoms. The minimum atomic E-state index is -0.313. The highest BCUT2D eigenvalue weighted by molar-refractivity contribution is 6.34. The van der Waals surface area contributed by atoms with E-state index in [1.165, 1.54) is 0 Å². The van der Waals surface area contributed by atoms with E-state index in [-0.39, 0.29) is 5.97 Å². The van der Waals surface area contributed by atoms with Crippen LogP contribution in [-0.2, 0) is 4.74 Å². The van der Waals surface area contributed by atoms with Crippen molar-refractivity contribution in [2.75, 3.05) is 62.9 Å². The predicted octanol–water partition coefficient (Wildman–Crippen LogP) is 9.12. The molecule has 11 nitrogen and oxygen atoms in total. The number of methoxy groups -OCH3 is 1. The third-order valence-corrected chi connectivity index (χ3v) is 10.2. The van der Waals surface area contributed by atoms with Gasteiger partial charge in [0.1, 0.15) is 17.2 Å². The maximum Gasteiger partial charge on any atom is 0.338 e. The second-order valence-electron chi connectivity index (χ2n) is 12.7. The van der Waals surface area contributed by atoms with Gasteiger partial charge in [0.2, 0.25) is 0 Å². The summed E-state index contributed by atoms with van der Waals surface area (Å²) in [5, 5.41) is 16.8. The normalized spacial score (nSPS) is 15.0. The maximum absolute atomic E-state index is 11.7. The van der Waals surface area contributed by atoms with Crippen LogP contribution in [0.25, 0.3) is 0 Å². The van der Waals surface area contributed by atoms with Gasteiger partial charge < -0.3 is 28.7 Å². The lowest BCUT2D eigenvalue weighted by Crippen LogP contribution is -2.34. The Morgan fingerprint density at radius 3 is 1.49 bits per heavy atom. The fourth-order valence-electron chi connectivity index (χ4n) is 6.32. The summed E-state index contributed by atoms with van der Waals surface area (Å²) in [5.74, 6) is 3.41. The third kappa shape index (κ3) is 12.4. The number of hydrogen-bond donors (Lipinski definition) is 0. The zero-order chi connectivity index (χ0) is 37.6. The Morgan fingerprint density at radius 1 is 0.660 bits per heavy atom. The summed E-state index contributed by atoms with van der Waals surface area (Å²) in [7, 11) is 1.66. The molecule has 2 aromatic carbocycles. The van der Waals surface area contributed by atoms with E-state index in [0.29, 0.717) is 51.2 Å². The molecule has 4 aromatic rings. The average Bonchev–Trinajstić information content (AvgIpc) is 3.18. The summed E-state index contributed by atoms with van der Waals surface area (Å²) in [6.45, 7) is 7.21. The Balaban J connectivity index is 0.000000206. The third-order valence-electron chi connectivity index (χ3n) is 9.33. The molecule has 2 fully saturated rings. The molecule has 6 rings (SSSR count). The monoisotopic (exact) mass is 804 g/mol. The van der Waals surface area contributed by atoms with Gasteiger partial charge in [0.15, 0.2) is 20.6 Å². The van der Waals surface area contributed by atoms with Crippen LogP contribution in [0.1, 0.15) is 55.8 Å². The SMILES string of the molecule is CCOC(=O)c1ccc(OCCC2CCN(c3cc(Cl)nnc3Cl)CC2)cc1.COc1ccc(OCCC2CCN(c3cc(Cl)nnc3Cl)CC2)cc1. The van der Waals surface area contributed by atoms with E-state index in [9.17, 15) is 4.79 Å². The number of nitrogens with zero attached hydrogens (tertiary/aromatic N) is 6. The van der Waals surface area contributed by atoms with Crippen LogP contribution in [0.5, 0.6) is 17.2 Å². The van der Waals surface area contributed by atoms with Gasteiger partial charge in [-0.05, 0) is 106 Å². The minimum Gasteiger partial charge on any atom is -0.497 e. The number of piperidine rings is 2. The van der Waals surface area contributed by atoms with Crippen LogP contribution in [0.4, 0.5) is 11.4 Å². The molecule has 0 unspecified atom stereocenters. The molecule has 0 atom stereocenters. The number of aromatic nitrogens is 4. The van der Waals surface area contributed by atoms with Crippen molar-refractivity contribution >= 4 is 63.7 Å². The zero-order valence-corrected chi connectivity index (χ0v) is 32.9. The van der Waals surface area contributed by atoms with E-state index in [0.717, 1.165) is 99.9 Å². The molecule has 2 aliphatic rings. The van der Waals surface area contributed by atoms with Crippen molar-refractivity contribution in [3.8, 4) is 17.2 Å². The number of carbonyl (C=O) groups excluding carboxylic acids is 1. The first-order valence-electron chi connectivity index (χ1n) is 17.8. The van der Waals surface area contributed by atoms with Crippen molar-refractivity contribution in [3.63, 3.8) is 0 Å². The Hall–Kier alpha value is -3.77. The Kier molecular flexibility index (Phi) is 15.7. The molecule has 2 aromatic heterocycles. The van der Waals surface area contributed by atoms with Crippen molar-refractivity contribution in [2.24, 2.45) is 11.8 Å². The van der Waals surface area contributed by atoms with Crippen molar-refractivity contribution in [2.45, 2.75) is 45.4 Å². The molecule has 284 valence electrons. The molecule has 0 saturated carbocycles. The first kappa shape index (κ1) is 40.4. The summed E-state index contributed by atoms with van der Waals surface area (Å²) in [6.07, 6.45) is 6.34. The van der Waals surface area contributed by atoms with Crippen molar-refractivity contribution < 1.29 is 23.7 Å². The number of anilines is 2. The lowest BCUT2D eigenvalue weighted by molar-refractivity contribution is 0.0526. The van der Waals surface area contributed by atoms with Crippen LogP contribution in [-0.4, -0.2) is 79.5 Å². The van der Waals surface area contributed by atoms with Gasteiger partial charge >= 0.3 is 5.97 Å². The van der Waals surface area contributed by atoms with Gasteiger partial charge in [0.25, 0.3) is 0 Å². The molecule has 2 aliphatic heterocycles. The Labute approximate surface area is 330 Å². The van der Waals surface area contributed by atoms with Crippen molar-refractivity contribution in [1.29, 1.82) is 0 Å². The van der Waals surface area contributed by atoms with Gasteiger partial charge in [-0.15, -0.1) is 20.4 Å². The molecular formula is C38H44Cl4N6O5. The highest BCUT2D eigenvalue weighted by atomic mass is 35.5. The molecule has 0 N–H and O–H groups in total. The van der Waals surface area contributed by atoms with Crippen LogP contribution in [0.2, 0.25) is 20.6 Å². The zero-order valence-electron chi connectivity index (χ0n) is 29.9. The fourth-order valence-corrected chi connectivity index (χ4v) is 7.02. The number of carbonyl (C=O) groups is 1. The fraction of sp³-hybridized carbons (Fsp3) is 0.447. The average molecular weight is 807 g/mol. The van der Waals surface area contributed by atoms with E-state index >= 15 is 0 Å². The standard InChI is InChI=1S/C20H23Cl2N3O3.C18H21Cl2N3O2/c1-2-27-20(26)15-3-5-16(6-4-15)28-12-9-14-7-10-25(11-8-14)17-13-18(21)23-24-19(17)22;1-24-14-2-4-15(5-3-14)25-11-8-13-6-9-23(10-7-13)16-12-17(19)21-22-18(16)20/h3-6,13-14H,2,7-12H2,1H3;2-5,12-13H,6-11H2,1H3. The molecule has 0 bridgehead atoms. The smallest absolute Gasteiger partial charge is 0.338 e. The first-order valence-corrected chi connectivity index (χ1v) is 19.3. The summed E-state index contributed by atoms with van der Waals surface area (Å²) in [5.41, 5.74) is 2.25. The van der Waals surface area contributed by atoms with Gasteiger partial charge in [-0.1, -0.05) is 46.4 Å². The van der Waals surface area contributed by atoms with Crippen LogP contribution in [0.15, 0.2) is 60.7 Å². The number of hydrogen-bond acceptors (Lipinski definition) is 11. The lowest BCUT2D eigenvalue weighted by atomic mass is 9.94. The van der Waals surface area contributed by atoms with Gasteiger partial charge in [-0.2, -0.15) is 0 Å². The number of esters is 1. The van der Waals surface area contributed by atoms with E-state index in [1.807, 2.05) is 24.3 Å². The van der Waals surface area contributed by atoms with Crippen LogP contribution in [0, 0.1) is 11.8 Å². The number of benzene rings is 2. The number of rotatable bonds is 13. The highest BCUT2D eigenvalue weighted by Crippen LogP contribution is 2.32. The minimum absolute atomic E-state index is 0.313. The van der Waals surface area contributed by atoms with Crippen molar-refractivity contribution in [1.82, 2.24) is 20.4 Å². The molecule has 0 amide bonds. The topological polar surface area (TPSA) is 112 Å². The molecule has 2 saturated heterocycles. The largest absolute Gasteiger partial charge is 0.497 e. The first-order chi connectivity index (χ1) is 25.7. The Bertz CT molecular complexity index is 1740. The summed E-state index contributed by atoms with van der Waals surface area (Å²) in [4.78, 5) is 16.1. The summed E-state index contributed by atoms with van der Waals surface area (Å²) in [6, 6.07) is 18.3. The van der Waals surface area contributed by atoms with Crippen LogP contribution >= 0.6 is 46.4 Å². The van der Waals surface area contributed by atoms with Gasteiger partial charge in [0, 0.05) is 38.3 Å². The van der Waals surface area contributed by atoms with Gasteiger partial charge in [-0.3, -0.25) is 0 Å². The molecule has 0 aliphatic carbocycles. The number of halogens is 4. The van der Waals surface area contributed by atoms with E-state index in [1.54, 1.807) is 50.4 Å². The van der Waals surface area contributed by atoms with Gasteiger partial charge in [-0.25, -0.2) is 4.79 Å². The van der Waals surface area contributed by atoms with Gasteiger partial charge in [0.05, 0.1) is 43.9 Å². The molecular weight excluding hydrogens is 762 g/mol. The van der Waals surface area contributed by atoms with E-state index < -0.39 is 0 Å². The molecule has 15 heteroatoms. The highest BCUT2D eigenvalue weighted by Gasteiger charge is 2.23. The van der Waals surface area contributed by atoms with E-state index in [2.05, 4.69) is 30.2 Å². The van der Waals surface area contributed by atoms with Crippen LogP contribution < -0.4 is 24.0 Å². The maximum atomic E-state index is 11.7. The molecule has 0 radical (unpaired) electrons. The second-order valence-corrected chi connectivity index (χ2v) is 14.2. The van der Waals surface area contributed by atoms with Crippen LogP contribution in [0.3, 0.4) is 0 Å². The quantitative estimate of drug-likeness (QED) is 0.121. The van der Waals surface area contributed by atoms with Crippen molar-refractivity contribution in [3.05, 3.63) is 86.8 Å². The second kappa shape index (κ2) is 20.6. The lowest BCUT2D eigenvalue weighted by Gasteiger charge is -2.33. The Morgan fingerprint density at radius 2 is 1.08 bits per heavy atom. The summed E-state index contributed by atoms with van der Waals surface area (Å²) < 4.78 is 21.8. The molecule has 4 heterocycles.